The van der Waals surface area contributed by atoms with Crippen LogP contribution in [0, 0.1) is 5.82 Å². The van der Waals surface area contributed by atoms with E-state index < -0.39 is 15.8 Å². The van der Waals surface area contributed by atoms with Crippen LogP contribution < -0.4 is 4.74 Å². The van der Waals surface area contributed by atoms with Crippen LogP contribution >= 0.6 is 11.6 Å². The Morgan fingerprint density at radius 3 is 2.45 bits per heavy atom. The molecule has 0 atom stereocenters. The summed E-state index contributed by atoms with van der Waals surface area (Å²) < 4.78 is 44.3. The lowest BCUT2D eigenvalue weighted by molar-refractivity contribution is 0.0721. The number of aromatic nitrogens is 1. The van der Waals surface area contributed by atoms with Crippen LogP contribution in [-0.4, -0.2) is 36.9 Å². The number of halogens is 2. The van der Waals surface area contributed by atoms with Gasteiger partial charge in [-0.3, -0.25) is 0 Å². The van der Waals surface area contributed by atoms with Crippen LogP contribution in [0.3, 0.4) is 0 Å². The summed E-state index contributed by atoms with van der Waals surface area (Å²) in [4.78, 5) is 4.06. The zero-order chi connectivity index (χ0) is 15.7. The number of hydrogen-bond donors (Lipinski definition) is 0. The average molecular weight is 343 g/mol. The molecule has 22 heavy (non-hydrogen) atoms. The van der Waals surface area contributed by atoms with E-state index in [9.17, 15) is 12.8 Å². The number of pyridine rings is 1. The number of sulfonamides is 1. The monoisotopic (exact) mass is 342 g/mol. The van der Waals surface area contributed by atoms with Gasteiger partial charge in [0, 0.05) is 12.3 Å². The summed E-state index contributed by atoms with van der Waals surface area (Å²) >= 11 is 5.73. The van der Waals surface area contributed by atoms with E-state index in [4.69, 9.17) is 16.3 Å². The zero-order valence-corrected chi connectivity index (χ0v) is 12.9. The Hall–Kier alpha value is -1.70. The predicted molar refractivity (Wildman–Crippen MR) is 78.8 cm³/mol. The fourth-order valence-corrected chi connectivity index (χ4v) is 3.64. The molecule has 3 rings (SSSR count). The number of benzene rings is 1. The van der Waals surface area contributed by atoms with Crippen LogP contribution in [0.15, 0.2) is 47.5 Å². The largest absolute Gasteiger partial charge is 0.472 e. The lowest BCUT2D eigenvalue weighted by Crippen LogP contribution is -2.56. The molecule has 0 saturated carbocycles. The van der Waals surface area contributed by atoms with Gasteiger partial charge in [0.05, 0.1) is 23.0 Å². The van der Waals surface area contributed by atoms with Crippen molar-refractivity contribution in [3.8, 4) is 5.88 Å². The molecule has 1 aliphatic rings. The van der Waals surface area contributed by atoms with Crippen LogP contribution in [0.2, 0.25) is 5.02 Å². The molecule has 0 amide bonds. The van der Waals surface area contributed by atoms with Crippen LogP contribution in [0.1, 0.15) is 0 Å². The third-order valence-corrected chi connectivity index (χ3v) is 5.32. The van der Waals surface area contributed by atoms with Crippen LogP contribution in [0.5, 0.6) is 5.88 Å². The Morgan fingerprint density at radius 2 is 1.86 bits per heavy atom. The maximum atomic E-state index is 12.9. The summed E-state index contributed by atoms with van der Waals surface area (Å²) in [7, 11) is -3.61. The summed E-state index contributed by atoms with van der Waals surface area (Å²) in [6.45, 7) is 0.452. The summed E-state index contributed by atoms with van der Waals surface area (Å²) in [5, 5.41) is 0.501. The van der Waals surface area contributed by atoms with Crippen molar-refractivity contribution in [2.45, 2.75) is 11.0 Å². The Kier molecular flexibility index (Phi) is 4.03. The fraction of sp³-hybridized carbons (Fsp3) is 0.214. The highest BCUT2D eigenvalue weighted by molar-refractivity contribution is 7.89. The predicted octanol–water partition coefficient (Wildman–Crippen LogP) is 2.33. The molecule has 1 aliphatic heterocycles. The molecule has 8 heteroatoms. The maximum Gasteiger partial charge on any atom is 0.243 e. The molecule has 0 bridgehead atoms. The molecule has 5 nitrogen and oxygen atoms in total. The molecule has 1 aromatic heterocycles. The van der Waals surface area contributed by atoms with Gasteiger partial charge in [0.25, 0.3) is 0 Å². The molecule has 0 N–H and O–H groups in total. The van der Waals surface area contributed by atoms with Crippen molar-refractivity contribution in [2.75, 3.05) is 13.1 Å². The first-order valence-electron chi connectivity index (χ1n) is 6.49. The third kappa shape index (κ3) is 3.06. The first kappa shape index (κ1) is 15.2. The number of ether oxygens (including phenoxy) is 1. The molecule has 0 radical (unpaired) electrons. The minimum absolute atomic E-state index is 0.0666. The van der Waals surface area contributed by atoms with Gasteiger partial charge in [-0.25, -0.2) is 17.8 Å². The van der Waals surface area contributed by atoms with Crippen molar-refractivity contribution >= 4 is 21.6 Å². The molecule has 1 fully saturated rings. The third-order valence-electron chi connectivity index (χ3n) is 3.25. The smallest absolute Gasteiger partial charge is 0.243 e. The van der Waals surface area contributed by atoms with Gasteiger partial charge in [0.2, 0.25) is 15.9 Å². The van der Waals surface area contributed by atoms with Gasteiger partial charge in [-0.1, -0.05) is 11.6 Å². The molecule has 0 aliphatic carbocycles. The van der Waals surface area contributed by atoms with Gasteiger partial charge >= 0.3 is 0 Å². The Bertz CT molecular complexity index is 760. The van der Waals surface area contributed by atoms with Crippen LogP contribution in [0.25, 0.3) is 0 Å². The quantitative estimate of drug-likeness (QED) is 0.855. The first-order valence-corrected chi connectivity index (χ1v) is 8.31. The van der Waals surface area contributed by atoms with Crippen molar-refractivity contribution in [1.29, 1.82) is 0 Å². The van der Waals surface area contributed by atoms with Crippen molar-refractivity contribution in [3.05, 3.63) is 53.4 Å². The fourth-order valence-electron chi connectivity index (χ4n) is 2.03. The standard InChI is InChI=1S/C14H12ClFN2O3S/c15-10-1-6-14(17-7-10)21-12-8-18(9-12)22(19,20)13-4-2-11(16)3-5-13/h1-7,12H,8-9H2. The molecule has 2 aromatic rings. The summed E-state index contributed by atoms with van der Waals surface area (Å²) in [6.07, 6.45) is 1.20. The van der Waals surface area contributed by atoms with Gasteiger partial charge in [0.15, 0.2) is 0 Å². The van der Waals surface area contributed by atoms with Gasteiger partial charge in [0.1, 0.15) is 11.9 Å². The highest BCUT2D eigenvalue weighted by Gasteiger charge is 2.38. The minimum atomic E-state index is -3.61. The van der Waals surface area contributed by atoms with Crippen molar-refractivity contribution < 1.29 is 17.5 Å². The van der Waals surface area contributed by atoms with E-state index in [0.29, 0.717) is 10.9 Å². The zero-order valence-electron chi connectivity index (χ0n) is 11.3. The van der Waals surface area contributed by atoms with E-state index >= 15 is 0 Å². The van der Waals surface area contributed by atoms with Gasteiger partial charge < -0.3 is 4.74 Å². The van der Waals surface area contributed by atoms with E-state index in [1.807, 2.05) is 0 Å². The average Bonchev–Trinajstić information content (AvgIpc) is 2.44. The van der Waals surface area contributed by atoms with Gasteiger partial charge in [-0.05, 0) is 30.3 Å². The topological polar surface area (TPSA) is 59.5 Å². The molecule has 116 valence electrons. The molecule has 1 aromatic carbocycles. The number of hydrogen-bond acceptors (Lipinski definition) is 4. The summed E-state index contributed by atoms with van der Waals surface area (Å²) in [5.41, 5.74) is 0. The normalized spacial score (nSPS) is 16.3. The summed E-state index contributed by atoms with van der Waals surface area (Å²) in [6, 6.07) is 8.02. The Balaban J connectivity index is 1.62. The second kappa shape index (κ2) is 5.83. The van der Waals surface area contributed by atoms with E-state index in [0.717, 1.165) is 12.1 Å². The van der Waals surface area contributed by atoms with Crippen LogP contribution in [-0.2, 0) is 10.0 Å². The lowest BCUT2D eigenvalue weighted by Gasteiger charge is -2.37. The molecule has 0 unspecified atom stereocenters. The Morgan fingerprint density at radius 1 is 1.18 bits per heavy atom. The highest BCUT2D eigenvalue weighted by atomic mass is 35.5. The SMILES string of the molecule is O=S(=O)(c1ccc(F)cc1)N1CC(Oc2ccc(Cl)cn2)C1. The molecular formula is C14H12ClFN2O3S. The number of rotatable bonds is 4. The van der Waals surface area contributed by atoms with Crippen molar-refractivity contribution in [2.24, 2.45) is 0 Å². The molecule has 2 heterocycles. The summed E-state index contributed by atoms with van der Waals surface area (Å²) in [5.74, 6) is -0.0780. The first-order chi connectivity index (χ1) is 10.4. The molecular weight excluding hydrogens is 331 g/mol. The van der Waals surface area contributed by atoms with Crippen molar-refractivity contribution in [1.82, 2.24) is 9.29 Å². The molecule has 1 saturated heterocycles. The highest BCUT2D eigenvalue weighted by Crippen LogP contribution is 2.24. The van der Waals surface area contributed by atoms with Crippen LogP contribution in [0.4, 0.5) is 4.39 Å². The van der Waals surface area contributed by atoms with E-state index in [1.165, 1.54) is 22.6 Å². The second-order valence-electron chi connectivity index (χ2n) is 4.83. The minimum Gasteiger partial charge on any atom is -0.472 e. The van der Waals surface area contributed by atoms with E-state index in [2.05, 4.69) is 4.98 Å². The van der Waals surface area contributed by atoms with Crippen molar-refractivity contribution in [3.63, 3.8) is 0 Å². The number of nitrogens with zero attached hydrogens (tertiary/aromatic N) is 2. The lowest BCUT2D eigenvalue weighted by atomic mass is 10.2. The maximum absolute atomic E-state index is 12.9. The molecule has 0 spiro atoms. The van der Waals surface area contributed by atoms with Gasteiger partial charge in [-0.15, -0.1) is 0 Å². The van der Waals surface area contributed by atoms with Gasteiger partial charge in [-0.2, -0.15) is 4.31 Å². The Labute approximate surface area is 132 Å². The second-order valence-corrected chi connectivity index (χ2v) is 7.20. The van der Waals surface area contributed by atoms with E-state index in [1.54, 1.807) is 12.1 Å². The van der Waals surface area contributed by atoms with E-state index in [-0.39, 0.29) is 24.1 Å².